The first kappa shape index (κ1) is 18.7. The molecule has 2 fully saturated rings. The molecule has 2 aliphatic heterocycles. The minimum atomic E-state index is -0.379. The molecule has 0 bridgehead atoms. The molecule has 3 rings (SSSR count). The summed E-state index contributed by atoms with van der Waals surface area (Å²) < 4.78 is 10.1. The molecule has 142 valence electrons. The van der Waals surface area contributed by atoms with Gasteiger partial charge in [0, 0.05) is 51.1 Å². The van der Waals surface area contributed by atoms with Crippen molar-refractivity contribution >= 4 is 17.7 Å². The summed E-state index contributed by atoms with van der Waals surface area (Å²) in [6, 6.07) is 5.63. The van der Waals surface area contributed by atoms with Crippen LogP contribution in [0.5, 0.6) is 0 Å². The van der Waals surface area contributed by atoms with Crippen LogP contribution in [0.25, 0.3) is 0 Å². The Morgan fingerprint density at radius 3 is 2.46 bits per heavy atom. The van der Waals surface area contributed by atoms with Crippen molar-refractivity contribution in [3.63, 3.8) is 0 Å². The lowest BCUT2D eigenvalue weighted by molar-refractivity contribution is 0.0194. The highest BCUT2D eigenvalue weighted by atomic mass is 16.5. The summed E-state index contributed by atoms with van der Waals surface area (Å²) in [5.74, 6) is -0.379. The third-order valence-corrected chi connectivity index (χ3v) is 5.20. The van der Waals surface area contributed by atoms with Gasteiger partial charge in [-0.05, 0) is 43.5 Å². The van der Waals surface area contributed by atoms with E-state index in [0.717, 1.165) is 63.5 Å². The molecule has 1 aromatic rings. The second-order valence-corrected chi connectivity index (χ2v) is 6.82. The quantitative estimate of drug-likeness (QED) is 0.835. The molecule has 2 amide bonds. The average molecular weight is 361 g/mol. The Morgan fingerprint density at radius 1 is 1.15 bits per heavy atom. The molecule has 2 saturated heterocycles. The lowest BCUT2D eigenvalue weighted by Crippen LogP contribution is -2.53. The van der Waals surface area contributed by atoms with Gasteiger partial charge in [-0.2, -0.15) is 0 Å². The summed E-state index contributed by atoms with van der Waals surface area (Å²) in [4.78, 5) is 28.5. The SMILES string of the molecule is COC(=O)c1ccc(NC(=O)N2CCN(C3CCOCC3)CC2)c(C)c1. The van der Waals surface area contributed by atoms with E-state index in [1.165, 1.54) is 7.11 Å². The highest BCUT2D eigenvalue weighted by Crippen LogP contribution is 2.19. The van der Waals surface area contributed by atoms with Gasteiger partial charge in [0.15, 0.2) is 0 Å². The highest BCUT2D eigenvalue weighted by molar-refractivity contribution is 5.93. The number of aryl methyl sites for hydroxylation is 1. The minimum absolute atomic E-state index is 0.0921. The number of piperazine rings is 1. The number of anilines is 1. The maximum absolute atomic E-state index is 12.6. The van der Waals surface area contributed by atoms with Crippen LogP contribution in [0.2, 0.25) is 0 Å². The van der Waals surface area contributed by atoms with E-state index in [1.54, 1.807) is 18.2 Å². The summed E-state index contributed by atoms with van der Waals surface area (Å²) in [5, 5.41) is 2.95. The van der Waals surface area contributed by atoms with Gasteiger partial charge in [-0.15, -0.1) is 0 Å². The predicted molar refractivity (Wildman–Crippen MR) is 98.5 cm³/mol. The van der Waals surface area contributed by atoms with Crippen molar-refractivity contribution in [3.8, 4) is 0 Å². The number of benzene rings is 1. The second kappa shape index (κ2) is 8.51. The van der Waals surface area contributed by atoms with Crippen LogP contribution >= 0.6 is 0 Å². The Bertz CT molecular complexity index is 650. The van der Waals surface area contributed by atoms with Crippen molar-refractivity contribution in [1.29, 1.82) is 0 Å². The van der Waals surface area contributed by atoms with Gasteiger partial charge in [0.25, 0.3) is 0 Å². The monoisotopic (exact) mass is 361 g/mol. The summed E-state index contributed by atoms with van der Waals surface area (Å²) in [5.41, 5.74) is 2.03. The van der Waals surface area contributed by atoms with Crippen LogP contribution in [0.4, 0.5) is 10.5 Å². The molecule has 0 unspecified atom stereocenters. The number of hydrogen-bond acceptors (Lipinski definition) is 5. The van der Waals surface area contributed by atoms with Gasteiger partial charge >= 0.3 is 12.0 Å². The highest BCUT2D eigenvalue weighted by Gasteiger charge is 2.27. The minimum Gasteiger partial charge on any atom is -0.465 e. The van der Waals surface area contributed by atoms with Crippen LogP contribution in [-0.2, 0) is 9.47 Å². The fourth-order valence-electron chi connectivity index (χ4n) is 3.58. The van der Waals surface area contributed by atoms with Gasteiger partial charge in [-0.3, -0.25) is 4.90 Å². The van der Waals surface area contributed by atoms with E-state index in [9.17, 15) is 9.59 Å². The third-order valence-electron chi connectivity index (χ3n) is 5.20. The number of methoxy groups -OCH3 is 1. The first-order chi connectivity index (χ1) is 12.6. The van der Waals surface area contributed by atoms with E-state index in [-0.39, 0.29) is 12.0 Å². The van der Waals surface area contributed by atoms with E-state index < -0.39 is 0 Å². The van der Waals surface area contributed by atoms with E-state index in [0.29, 0.717) is 11.6 Å². The van der Waals surface area contributed by atoms with Crippen molar-refractivity contribution in [1.82, 2.24) is 9.80 Å². The Kier molecular flexibility index (Phi) is 6.11. The van der Waals surface area contributed by atoms with Crippen LogP contribution in [0.3, 0.4) is 0 Å². The standard InChI is InChI=1S/C19H27N3O4/c1-14-13-15(18(23)25-2)3-4-17(14)20-19(24)22-9-7-21(8-10-22)16-5-11-26-12-6-16/h3-4,13,16H,5-12H2,1-2H3,(H,20,24). The first-order valence-corrected chi connectivity index (χ1v) is 9.15. The summed E-state index contributed by atoms with van der Waals surface area (Å²) in [7, 11) is 1.35. The maximum atomic E-state index is 12.6. The molecule has 0 aliphatic carbocycles. The Morgan fingerprint density at radius 2 is 1.85 bits per heavy atom. The number of carbonyl (C=O) groups excluding carboxylic acids is 2. The molecule has 0 aromatic heterocycles. The fraction of sp³-hybridized carbons (Fsp3) is 0.579. The summed E-state index contributed by atoms with van der Waals surface area (Å²) >= 11 is 0. The predicted octanol–water partition coefficient (Wildman–Crippen LogP) is 2.11. The van der Waals surface area contributed by atoms with Crippen LogP contribution < -0.4 is 5.32 Å². The van der Waals surface area contributed by atoms with E-state index in [4.69, 9.17) is 9.47 Å². The van der Waals surface area contributed by atoms with Gasteiger partial charge in [0.05, 0.1) is 12.7 Å². The number of carbonyl (C=O) groups is 2. The number of urea groups is 1. The van der Waals surface area contributed by atoms with Crippen LogP contribution in [0, 0.1) is 6.92 Å². The number of esters is 1. The molecule has 26 heavy (non-hydrogen) atoms. The summed E-state index contributed by atoms with van der Waals surface area (Å²) in [6.45, 7) is 6.80. The van der Waals surface area contributed by atoms with Crippen LogP contribution in [-0.4, -0.2) is 74.3 Å². The van der Waals surface area contributed by atoms with Crippen molar-refractivity contribution in [2.24, 2.45) is 0 Å². The number of amides is 2. The average Bonchev–Trinajstić information content (AvgIpc) is 2.69. The first-order valence-electron chi connectivity index (χ1n) is 9.15. The Labute approximate surface area is 154 Å². The molecule has 2 heterocycles. The zero-order valence-electron chi connectivity index (χ0n) is 15.5. The van der Waals surface area contributed by atoms with Gasteiger partial charge in [-0.25, -0.2) is 9.59 Å². The molecule has 0 saturated carbocycles. The zero-order chi connectivity index (χ0) is 18.5. The van der Waals surface area contributed by atoms with Gasteiger partial charge in [0.2, 0.25) is 0 Å². The van der Waals surface area contributed by atoms with Gasteiger partial charge in [-0.1, -0.05) is 0 Å². The molecular weight excluding hydrogens is 334 g/mol. The van der Waals surface area contributed by atoms with Crippen molar-refractivity contribution in [3.05, 3.63) is 29.3 Å². The molecular formula is C19H27N3O4. The maximum Gasteiger partial charge on any atom is 0.337 e. The van der Waals surface area contributed by atoms with Crippen molar-refractivity contribution in [2.45, 2.75) is 25.8 Å². The number of hydrogen-bond donors (Lipinski definition) is 1. The van der Waals surface area contributed by atoms with Gasteiger partial charge < -0.3 is 19.7 Å². The van der Waals surface area contributed by atoms with E-state index in [2.05, 4.69) is 10.2 Å². The van der Waals surface area contributed by atoms with Crippen LogP contribution in [0.15, 0.2) is 18.2 Å². The summed E-state index contributed by atoms with van der Waals surface area (Å²) in [6.07, 6.45) is 2.16. The number of ether oxygens (including phenoxy) is 2. The molecule has 7 nitrogen and oxygen atoms in total. The second-order valence-electron chi connectivity index (χ2n) is 6.82. The molecule has 1 aromatic carbocycles. The Balaban J connectivity index is 1.53. The van der Waals surface area contributed by atoms with E-state index >= 15 is 0 Å². The lowest BCUT2D eigenvalue weighted by atomic mass is 10.1. The smallest absolute Gasteiger partial charge is 0.337 e. The van der Waals surface area contributed by atoms with Crippen LogP contribution in [0.1, 0.15) is 28.8 Å². The molecule has 0 spiro atoms. The van der Waals surface area contributed by atoms with E-state index in [1.807, 2.05) is 11.8 Å². The molecule has 1 N–H and O–H groups in total. The number of rotatable bonds is 3. The Hall–Kier alpha value is -2.12. The molecule has 7 heteroatoms. The fourth-order valence-corrected chi connectivity index (χ4v) is 3.58. The third kappa shape index (κ3) is 4.34. The largest absolute Gasteiger partial charge is 0.465 e. The zero-order valence-corrected chi connectivity index (χ0v) is 15.5. The lowest BCUT2D eigenvalue weighted by Gasteiger charge is -2.40. The molecule has 0 radical (unpaired) electrons. The van der Waals surface area contributed by atoms with Gasteiger partial charge in [0.1, 0.15) is 0 Å². The number of nitrogens with zero attached hydrogens (tertiary/aromatic N) is 2. The normalized spacial score (nSPS) is 19.2. The number of nitrogens with one attached hydrogen (secondary N) is 1. The topological polar surface area (TPSA) is 71.1 Å². The van der Waals surface area contributed by atoms with Crippen molar-refractivity contribution < 1.29 is 19.1 Å². The van der Waals surface area contributed by atoms with Crippen molar-refractivity contribution in [2.75, 3.05) is 51.8 Å². The molecule has 2 aliphatic rings. The molecule has 0 atom stereocenters.